The van der Waals surface area contributed by atoms with E-state index in [1.54, 1.807) is 0 Å². The van der Waals surface area contributed by atoms with Crippen LogP contribution in [0.25, 0.3) is 21.9 Å². The smallest absolute Gasteiger partial charge is 0.0485 e. The molecule has 3 aromatic rings. The molecule has 3 aromatic carbocycles. The maximum absolute atomic E-state index is 6.29. The Bertz CT molecular complexity index is 784. The van der Waals surface area contributed by atoms with Crippen molar-refractivity contribution in [2.45, 2.75) is 13.8 Å². The molecule has 2 heteroatoms. The average molecular weight is 301 g/mol. The summed E-state index contributed by atoms with van der Waals surface area (Å²) in [5, 5.41) is 3.57. The Hall–Kier alpha value is -1.50. The molecule has 0 amide bonds. The van der Waals surface area contributed by atoms with Gasteiger partial charge in [0.05, 0.1) is 0 Å². The normalized spacial score (nSPS) is 11.0. The number of fused-ring (bicyclic) bond motifs is 1. The summed E-state index contributed by atoms with van der Waals surface area (Å²) in [6, 6.07) is 16.5. The van der Waals surface area contributed by atoms with E-state index < -0.39 is 0 Å². The first kappa shape index (κ1) is 13.5. The lowest BCUT2D eigenvalue weighted by atomic mass is 9.96. The van der Waals surface area contributed by atoms with Crippen LogP contribution < -0.4 is 0 Å². The minimum atomic E-state index is 0.706. The average Bonchev–Trinajstić information content (AvgIpc) is 2.38. The Kier molecular flexibility index (Phi) is 3.45. The number of rotatable bonds is 1. The van der Waals surface area contributed by atoms with Crippen molar-refractivity contribution in [1.29, 1.82) is 0 Å². The molecule has 0 atom stereocenters. The first-order valence-electron chi connectivity index (χ1n) is 6.51. The summed E-state index contributed by atoms with van der Waals surface area (Å²) in [4.78, 5) is 0. The van der Waals surface area contributed by atoms with Crippen molar-refractivity contribution in [2.24, 2.45) is 0 Å². The molecular weight excluding hydrogens is 287 g/mol. The molecule has 0 aliphatic rings. The number of benzene rings is 3. The van der Waals surface area contributed by atoms with Crippen molar-refractivity contribution in [3.8, 4) is 11.1 Å². The van der Waals surface area contributed by atoms with Gasteiger partial charge in [-0.1, -0.05) is 64.7 Å². The molecule has 3 rings (SSSR count). The second kappa shape index (κ2) is 5.12. The zero-order valence-electron chi connectivity index (χ0n) is 11.4. The molecule has 0 heterocycles. The first-order valence-corrected chi connectivity index (χ1v) is 7.26. The lowest BCUT2D eigenvalue weighted by molar-refractivity contribution is 1.39. The van der Waals surface area contributed by atoms with Crippen molar-refractivity contribution in [2.75, 3.05) is 0 Å². The summed E-state index contributed by atoms with van der Waals surface area (Å²) < 4.78 is 0. The van der Waals surface area contributed by atoms with Gasteiger partial charge in [0, 0.05) is 15.4 Å². The number of hydrogen-bond donors (Lipinski definition) is 0. The largest absolute Gasteiger partial charge is 0.0843 e. The molecule has 0 aliphatic carbocycles. The third-order valence-corrected chi connectivity index (χ3v) is 4.02. The van der Waals surface area contributed by atoms with Crippen molar-refractivity contribution in [1.82, 2.24) is 0 Å². The van der Waals surface area contributed by atoms with E-state index in [2.05, 4.69) is 38.1 Å². The van der Waals surface area contributed by atoms with E-state index in [0.717, 1.165) is 15.8 Å². The maximum Gasteiger partial charge on any atom is 0.0485 e. The highest BCUT2D eigenvalue weighted by molar-refractivity contribution is 6.37. The maximum atomic E-state index is 6.29. The summed E-state index contributed by atoms with van der Waals surface area (Å²) >= 11 is 12.4. The van der Waals surface area contributed by atoms with E-state index in [1.165, 1.54) is 22.3 Å². The van der Waals surface area contributed by atoms with Gasteiger partial charge in [-0.25, -0.2) is 0 Å². The molecule has 0 N–H and O–H groups in total. The van der Waals surface area contributed by atoms with Gasteiger partial charge in [-0.2, -0.15) is 0 Å². The number of halogens is 2. The van der Waals surface area contributed by atoms with Crippen LogP contribution in [0.1, 0.15) is 11.1 Å². The topological polar surface area (TPSA) is 0 Å². The highest BCUT2D eigenvalue weighted by atomic mass is 35.5. The van der Waals surface area contributed by atoms with Gasteiger partial charge in [0.15, 0.2) is 0 Å². The Morgan fingerprint density at radius 2 is 1.40 bits per heavy atom. The molecule has 0 radical (unpaired) electrons. The third kappa shape index (κ3) is 2.42. The monoisotopic (exact) mass is 300 g/mol. The van der Waals surface area contributed by atoms with E-state index in [4.69, 9.17) is 23.2 Å². The van der Waals surface area contributed by atoms with Crippen LogP contribution in [0.2, 0.25) is 10.0 Å². The highest BCUT2D eigenvalue weighted by Gasteiger charge is 2.08. The van der Waals surface area contributed by atoms with Crippen molar-refractivity contribution >= 4 is 34.0 Å². The van der Waals surface area contributed by atoms with Crippen molar-refractivity contribution < 1.29 is 0 Å². The molecule has 0 nitrogen and oxygen atoms in total. The van der Waals surface area contributed by atoms with Crippen LogP contribution in [0.15, 0.2) is 48.5 Å². The molecule has 0 saturated heterocycles. The van der Waals surface area contributed by atoms with Crippen LogP contribution in [0.3, 0.4) is 0 Å². The lowest BCUT2D eigenvalue weighted by Crippen LogP contribution is -1.86. The first-order chi connectivity index (χ1) is 9.54. The van der Waals surface area contributed by atoms with Crippen LogP contribution in [-0.2, 0) is 0 Å². The minimum absolute atomic E-state index is 0.706. The van der Waals surface area contributed by atoms with Crippen LogP contribution in [0.4, 0.5) is 0 Å². The summed E-state index contributed by atoms with van der Waals surface area (Å²) in [6.07, 6.45) is 0. The van der Waals surface area contributed by atoms with Gasteiger partial charge in [0.1, 0.15) is 0 Å². The fraction of sp³-hybridized carbons (Fsp3) is 0.111. The summed E-state index contributed by atoms with van der Waals surface area (Å²) in [6.45, 7) is 4.23. The second-order valence-electron chi connectivity index (χ2n) is 5.16. The summed E-state index contributed by atoms with van der Waals surface area (Å²) in [5.41, 5.74) is 4.92. The van der Waals surface area contributed by atoms with E-state index in [9.17, 15) is 0 Å². The highest BCUT2D eigenvalue weighted by Crippen LogP contribution is 2.35. The van der Waals surface area contributed by atoms with Gasteiger partial charge in [-0.15, -0.1) is 0 Å². The van der Waals surface area contributed by atoms with Crippen LogP contribution in [0.5, 0.6) is 0 Å². The molecule has 20 heavy (non-hydrogen) atoms. The molecule has 0 spiro atoms. The molecule has 0 saturated carbocycles. The zero-order chi connectivity index (χ0) is 14.3. The molecular formula is C18H14Cl2. The van der Waals surface area contributed by atoms with E-state index in [1.807, 2.05) is 24.3 Å². The molecule has 100 valence electrons. The van der Waals surface area contributed by atoms with Crippen LogP contribution >= 0.6 is 23.2 Å². The summed E-state index contributed by atoms with van der Waals surface area (Å²) in [5.74, 6) is 0. The lowest BCUT2D eigenvalue weighted by Gasteiger charge is -2.10. The zero-order valence-corrected chi connectivity index (χ0v) is 12.9. The predicted octanol–water partition coefficient (Wildman–Crippen LogP) is 6.43. The molecule has 0 fully saturated rings. The summed E-state index contributed by atoms with van der Waals surface area (Å²) in [7, 11) is 0. The fourth-order valence-electron chi connectivity index (χ4n) is 2.67. The Balaban J connectivity index is 2.34. The van der Waals surface area contributed by atoms with E-state index >= 15 is 0 Å². The number of hydrogen-bond acceptors (Lipinski definition) is 0. The molecule has 0 aliphatic heterocycles. The van der Waals surface area contributed by atoms with Gasteiger partial charge in [-0.05, 0) is 48.6 Å². The van der Waals surface area contributed by atoms with Crippen molar-refractivity contribution in [3.63, 3.8) is 0 Å². The predicted molar refractivity (Wildman–Crippen MR) is 88.9 cm³/mol. The van der Waals surface area contributed by atoms with Crippen LogP contribution in [-0.4, -0.2) is 0 Å². The quantitative estimate of drug-likeness (QED) is 0.486. The standard InChI is InChI=1S/C18H14Cl2/c1-11-7-12(2)9-13(8-11)15-5-6-18(20)17-10-14(19)3-4-16(15)17/h3-10H,1-2H3. The van der Waals surface area contributed by atoms with Gasteiger partial charge in [-0.3, -0.25) is 0 Å². The molecule has 0 unspecified atom stereocenters. The molecule has 0 aromatic heterocycles. The SMILES string of the molecule is Cc1cc(C)cc(-c2ccc(Cl)c3cc(Cl)ccc23)c1. The van der Waals surface area contributed by atoms with Crippen LogP contribution in [0, 0.1) is 13.8 Å². The van der Waals surface area contributed by atoms with E-state index in [0.29, 0.717) is 5.02 Å². The van der Waals surface area contributed by atoms with E-state index in [-0.39, 0.29) is 0 Å². The van der Waals surface area contributed by atoms with Gasteiger partial charge < -0.3 is 0 Å². The minimum Gasteiger partial charge on any atom is -0.0843 e. The van der Waals surface area contributed by atoms with Crippen molar-refractivity contribution in [3.05, 3.63) is 69.7 Å². The second-order valence-corrected chi connectivity index (χ2v) is 6.00. The van der Waals surface area contributed by atoms with Gasteiger partial charge >= 0.3 is 0 Å². The van der Waals surface area contributed by atoms with Gasteiger partial charge in [0.2, 0.25) is 0 Å². The molecule has 0 bridgehead atoms. The Morgan fingerprint density at radius 1 is 0.700 bits per heavy atom. The Morgan fingerprint density at radius 3 is 2.10 bits per heavy atom. The van der Waals surface area contributed by atoms with Gasteiger partial charge in [0.25, 0.3) is 0 Å². The number of aryl methyl sites for hydroxylation is 2. The fourth-order valence-corrected chi connectivity index (χ4v) is 3.06. The Labute approximate surface area is 129 Å². The third-order valence-electron chi connectivity index (χ3n) is 3.46.